The van der Waals surface area contributed by atoms with Crippen LogP contribution in [-0.2, 0) is 4.79 Å². The van der Waals surface area contributed by atoms with Gasteiger partial charge < -0.3 is 5.73 Å². The normalized spacial score (nSPS) is 15.5. The molecule has 0 atom stereocenters. The largest absolute Gasteiger partial charge is 0.369 e. The summed E-state index contributed by atoms with van der Waals surface area (Å²) in [7, 11) is 0. The van der Waals surface area contributed by atoms with Gasteiger partial charge >= 0.3 is 0 Å². The van der Waals surface area contributed by atoms with Crippen molar-refractivity contribution >= 4 is 46.0 Å². The number of benzene rings is 1. The molecular weight excluding hydrogens is 373 g/mol. The molecule has 1 aromatic carbocycles. The minimum Gasteiger partial charge on any atom is -0.369 e. The van der Waals surface area contributed by atoms with Crippen LogP contribution in [0.15, 0.2) is 30.5 Å². The number of halogens is 2. The summed E-state index contributed by atoms with van der Waals surface area (Å²) in [6.45, 7) is 1.55. The third kappa shape index (κ3) is 3.10. The predicted molar refractivity (Wildman–Crippen MR) is 101 cm³/mol. The van der Waals surface area contributed by atoms with Crippen LogP contribution in [0.2, 0.25) is 10.0 Å². The van der Waals surface area contributed by atoms with Crippen molar-refractivity contribution in [2.24, 2.45) is 11.7 Å². The molecule has 6 nitrogen and oxygen atoms in total. The highest BCUT2D eigenvalue weighted by Crippen LogP contribution is 2.30. The van der Waals surface area contributed by atoms with Crippen molar-refractivity contribution in [2.75, 3.05) is 18.0 Å². The lowest BCUT2D eigenvalue weighted by Crippen LogP contribution is -2.41. The van der Waals surface area contributed by atoms with Crippen molar-refractivity contribution in [1.82, 2.24) is 4.98 Å². The number of hydrogen-bond donors (Lipinski definition) is 2. The Morgan fingerprint density at radius 1 is 1.23 bits per heavy atom. The molecule has 1 saturated heterocycles. The zero-order chi connectivity index (χ0) is 18.3. The molecule has 26 heavy (non-hydrogen) atoms. The first-order valence-corrected chi connectivity index (χ1v) is 9.24. The molecule has 0 aliphatic carbocycles. The Hall–Kier alpha value is -2.31. The van der Waals surface area contributed by atoms with Crippen LogP contribution in [0.5, 0.6) is 0 Å². The number of amides is 1. The van der Waals surface area contributed by atoms with Crippen LogP contribution in [0.4, 0.5) is 5.82 Å². The lowest BCUT2D eigenvalue weighted by molar-refractivity contribution is -0.365. The second-order valence-corrected chi connectivity index (χ2v) is 7.35. The van der Waals surface area contributed by atoms with E-state index < -0.39 is 0 Å². The Labute approximate surface area is 160 Å². The molecule has 8 heteroatoms. The summed E-state index contributed by atoms with van der Waals surface area (Å²) in [6, 6.07) is 7.61. The van der Waals surface area contributed by atoms with Gasteiger partial charge in [-0.05, 0) is 25.0 Å². The van der Waals surface area contributed by atoms with Crippen LogP contribution in [-0.4, -0.2) is 24.0 Å². The fourth-order valence-electron chi connectivity index (χ4n) is 3.47. The van der Waals surface area contributed by atoms with Crippen LogP contribution in [0, 0.1) is 5.92 Å². The van der Waals surface area contributed by atoms with E-state index in [-0.39, 0.29) is 11.8 Å². The molecule has 0 unspecified atom stereocenters. The van der Waals surface area contributed by atoms with E-state index in [2.05, 4.69) is 19.9 Å². The molecule has 1 aliphatic heterocycles. The minimum atomic E-state index is -0.209. The smallest absolute Gasteiger partial charge is 0.293 e. The number of aromatic amines is 3. The predicted octanol–water partition coefficient (Wildman–Crippen LogP) is 2.47. The first-order chi connectivity index (χ1) is 12.5. The number of anilines is 1. The number of H-pyrrole nitrogens is 3. The number of nitrogens with two attached hydrogens (primary N) is 1. The van der Waals surface area contributed by atoms with E-state index >= 15 is 0 Å². The van der Waals surface area contributed by atoms with Crippen LogP contribution in [0.25, 0.3) is 22.4 Å². The summed E-state index contributed by atoms with van der Waals surface area (Å²) in [4.78, 5) is 23.7. The molecule has 0 bridgehead atoms. The molecule has 5 N–H and O–H groups in total. The zero-order valence-electron chi connectivity index (χ0n) is 14.0. The van der Waals surface area contributed by atoms with Gasteiger partial charge in [0.05, 0.1) is 29.3 Å². The fraction of sp³-hybridized carbons (Fsp3) is 0.278. The van der Waals surface area contributed by atoms with Crippen LogP contribution >= 0.6 is 23.2 Å². The number of pyridine rings is 1. The quantitative estimate of drug-likeness (QED) is 0.717. The van der Waals surface area contributed by atoms with Crippen molar-refractivity contribution in [3.05, 3.63) is 40.5 Å². The highest BCUT2D eigenvalue weighted by atomic mass is 35.5. The summed E-state index contributed by atoms with van der Waals surface area (Å²) >= 11 is 12.2. The van der Waals surface area contributed by atoms with Gasteiger partial charge in [0.15, 0.2) is 16.6 Å². The van der Waals surface area contributed by atoms with Crippen molar-refractivity contribution in [1.29, 1.82) is 0 Å². The topological polar surface area (TPSA) is 90.4 Å². The molecular formula is C18H19Cl2N5O+2. The van der Waals surface area contributed by atoms with Crippen molar-refractivity contribution < 1.29 is 14.8 Å². The Bertz CT molecular complexity index is 940. The second-order valence-electron chi connectivity index (χ2n) is 6.53. The number of carbonyl (C=O) groups is 1. The van der Waals surface area contributed by atoms with Crippen molar-refractivity contribution in [3.8, 4) is 11.4 Å². The molecule has 4 rings (SSSR count). The first kappa shape index (κ1) is 17.1. The number of rotatable bonds is 3. The molecule has 134 valence electrons. The molecule has 2 aromatic heterocycles. The van der Waals surface area contributed by atoms with E-state index in [0.717, 1.165) is 54.2 Å². The monoisotopic (exact) mass is 391 g/mol. The SMILES string of the molecule is NC(=O)C1CCN(c2[nH+]cccc2-c2[nH]c3cc(Cl)c(Cl)cc3[nH+]2)CC1. The van der Waals surface area contributed by atoms with Crippen LogP contribution < -0.4 is 20.6 Å². The van der Waals surface area contributed by atoms with Crippen molar-refractivity contribution in [2.45, 2.75) is 12.8 Å². The van der Waals surface area contributed by atoms with Gasteiger partial charge in [-0.2, -0.15) is 0 Å². The highest BCUT2D eigenvalue weighted by Gasteiger charge is 2.31. The lowest BCUT2D eigenvalue weighted by atomic mass is 9.96. The van der Waals surface area contributed by atoms with Gasteiger partial charge in [-0.15, -0.1) is 0 Å². The second kappa shape index (κ2) is 6.78. The van der Waals surface area contributed by atoms with E-state index in [1.54, 1.807) is 0 Å². The minimum absolute atomic E-state index is 0.0395. The molecule has 0 spiro atoms. The van der Waals surface area contributed by atoms with E-state index in [0.29, 0.717) is 10.0 Å². The molecule has 3 aromatic rings. The number of aromatic nitrogens is 3. The van der Waals surface area contributed by atoms with E-state index in [1.807, 2.05) is 30.5 Å². The Balaban J connectivity index is 1.69. The van der Waals surface area contributed by atoms with Gasteiger partial charge in [-0.25, -0.2) is 15.0 Å². The number of carbonyl (C=O) groups excluding carboxylic acids is 1. The van der Waals surface area contributed by atoms with Gasteiger partial charge in [-0.1, -0.05) is 23.2 Å². The summed E-state index contributed by atoms with van der Waals surface area (Å²) < 4.78 is 0. The lowest BCUT2D eigenvalue weighted by Gasteiger charge is -2.26. The summed E-state index contributed by atoms with van der Waals surface area (Å²) in [6.07, 6.45) is 3.42. The third-order valence-corrected chi connectivity index (χ3v) is 5.62. The Morgan fingerprint density at radius 3 is 2.69 bits per heavy atom. The maximum absolute atomic E-state index is 11.4. The van der Waals surface area contributed by atoms with Gasteiger partial charge in [0, 0.05) is 18.1 Å². The summed E-state index contributed by atoms with van der Waals surface area (Å²) in [5.74, 6) is 1.61. The van der Waals surface area contributed by atoms with Gasteiger partial charge in [0.25, 0.3) is 11.6 Å². The highest BCUT2D eigenvalue weighted by molar-refractivity contribution is 6.42. The molecule has 0 radical (unpaired) electrons. The average Bonchev–Trinajstić information content (AvgIpc) is 3.05. The average molecular weight is 392 g/mol. The van der Waals surface area contributed by atoms with E-state index in [9.17, 15) is 4.79 Å². The number of imidazole rings is 1. The summed E-state index contributed by atoms with van der Waals surface area (Å²) in [5.41, 5.74) is 8.22. The molecule has 1 fully saturated rings. The van der Waals surface area contributed by atoms with E-state index in [4.69, 9.17) is 28.9 Å². The van der Waals surface area contributed by atoms with Gasteiger partial charge in [0.1, 0.15) is 0 Å². The maximum Gasteiger partial charge on any atom is 0.293 e. The van der Waals surface area contributed by atoms with Gasteiger partial charge in [0.2, 0.25) is 5.91 Å². The zero-order valence-corrected chi connectivity index (χ0v) is 15.5. The van der Waals surface area contributed by atoms with Crippen LogP contribution in [0.1, 0.15) is 12.8 Å². The molecule has 0 saturated carbocycles. The summed E-state index contributed by atoms with van der Waals surface area (Å²) in [5, 5.41) is 1.02. The number of piperidine rings is 1. The maximum atomic E-state index is 11.4. The Morgan fingerprint density at radius 2 is 1.96 bits per heavy atom. The Kier molecular flexibility index (Phi) is 4.46. The number of hydrogen-bond acceptors (Lipinski definition) is 2. The number of fused-ring (bicyclic) bond motifs is 1. The van der Waals surface area contributed by atoms with Crippen molar-refractivity contribution in [3.63, 3.8) is 0 Å². The molecule has 1 aliphatic rings. The number of nitrogens with zero attached hydrogens (tertiary/aromatic N) is 1. The first-order valence-electron chi connectivity index (χ1n) is 8.48. The van der Waals surface area contributed by atoms with Crippen LogP contribution in [0.3, 0.4) is 0 Å². The number of nitrogens with one attached hydrogen (secondary N) is 3. The van der Waals surface area contributed by atoms with E-state index in [1.165, 1.54) is 0 Å². The number of primary amides is 1. The third-order valence-electron chi connectivity index (χ3n) is 4.90. The fourth-order valence-corrected chi connectivity index (χ4v) is 3.80. The standard InChI is InChI=1S/C18H17Cl2N5O/c19-12-8-14-15(9-13(12)20)24-17(23-14)11-2-1-5-22-18(11)25-6-3-10(4-7-25)16(21)26/h1-2,5,8-10H,3-4,6-7H2,(H2,21,26)(H,23,24)/p+2. The molecule has 1 amide bonds. The van der Waals surface area contributed by atoms with Gasteiger partial charge in [-0.3, -0.25) is 9.69 Å². The molecule has 3 heterocycles.